The van der Waals surface area contributed by atoms with Gasteiger partial charge in [0.05, 0.1) is 32.1 Å². The van der Waals surface area contributed by atoms with Crippen molar-refractivity contribution in [1.29, 1.82) is 0 Å². The van der Waals surface area contributed by atoms with Crippen molar-refractivity contribution in [3.05, 3.63) is 80.6 Å². The van der Waals surface area contributed by atoms with Crippen LogP contribution in [0.25, 0.3) is 11.3 Å². The maximum atomic E-state index is 12.4. The van der Waals surface area contributed by atoms with Crippen molar-refractivity contribution in [1.82, 2.24) is 14.7 Å². The van der Waals surface area contributed by atoms with Crippen molar-refractivity contribution in [2.45, 2.75) is 13.0 Å². The molecule has 1 aliphatic rings. The molecule has 8 nitrogen and oxygen atoms in total. The fourth-order valence-corrected chi connectivity index (χ4v) is 4.30. The molecule has 2 aromatic carbocycles. The highest BCUT2D eigenvalue weighted by atomic mass is 35.5. The molecule has 1 fully saturated rings. The Kier molecular flexibility index (Phi) is 8.76. The Morgan fingerprint density at radius 1 is 1.06 bits per heavy atom. The van der Waals surface area contributed by atoms with E-state index in [0.29, 0.717) is 33.6 Å². The van der Waals surface area contributed by atoms with Crippen molar-refractivity contribution >= 4 is 35.0 Å². The summed E-state index contributed by atoms with van der Waals surface area (Å²) in [4.78, 5) is 26.9. The molecule has 1 aliphatic heterocycles. The summed E-state index contributed by atoms with van der Waals surface area (Å²) < 4.78 is 12.0. The van der Waals surface area contributed by atoms with Gasteiger partial charge in [0.2, 0.25) is 0 Å². The van der Waals surface area contributed by atoms with E-state index in [0.717, 1.165) is 44.8 Å². The minimum absolute atomic E-state index is 0.227. The van der Waals surface area contributed by atoms with Crippen LogP contribution < -0.4 is 10.9 Å². The second-order valence-corrected chi connectivity index (χ2v) is 9.01. The lowest BCUT2D eigenvalue weighted by atomic mass is 10.1. The summed E-state index contributed by atoms with van der Waals surface area (Å²) in [5.74, 6) is 0. The van der Waals surface area contributed by atoms with Crippen molar-refractivity contribution < 1.29 is 14.3 Å². The Morgan fingerprint density at radius 2 is 1.83 bits per heavy atom. The molecule has 0 unspecified atom stereocenters. The average molecular weight is 517 g/mol. The molecule has 1 aromatic heterocycles. The first-order valence-electron chi connectivity index (χ1n) is 11.3. The minimum atomic E-state index is -0.515. The van der Waals surface area contributed by atoms with E-state index in [9.17, 15) is 9.59 Å². The van der Waals surface area contributed by atoms with Gasteiger partial charge in [-0.25, -0.2) is 9.48 Å². The Balaban J connectivity index is 1.35. The molecule has 35 heavy (non-hydrogen) atoms. The Hall–Kier alpha value is -2.91. The zero-order valence-electron chi connectivity index (χ0n) is 19.1. The number of ether oxygens (including phenoxy) is 2. The van der Waals surface area contributed by atoms with E-state index in [2.05, 4.69) is 15.3 Å². The van der Waals surface area contributed by atoms with E-state index in [1.54, 1.807) is 42.5 Å². The molecule has 0 spiro atoms. The van der Waals surface area contributed by atoms with Gasteiger partial charge < -0.3 is 9.47 Å². The standard InChI is InChI=1S/C25H26Cl2N4O4/c26-20-14-19(15-21(27)16-20)23-5-6-24(32)31(29-23)17-18-3-1-4-22(13-18)28-25(33)35-10-2-7-30-8-11-34-12-9-30/h1,3-6,13-16H,2,7-12,17H2,(H,28,33). The molecule has 4 rings (SSSR count). The van der Waals surface area contributed by atoms with Gasteiger partial charge in [0.1, 0.15) is 0 Å². The van der Waals surface area contributed by atoms with Gasteiger partial charge in [-0.15, -0.1) is 0 Å². The molecule has 0 atom stereocenters. The lowest BCUT2D eigenvalue weighted by molar-refractivity contribution is 0.0348. The fourth-order valence-electron chi connectivity index (χ4n) is 3.77. The van der Waals surface area contributed by atoms with E-state index in [1.165, 1.54) is 10.7 Å². The second kappa shape index (κ2) is 12.2. The van der Waals surface area contributed by atoms with Crippen LogP contribution in [0.1, 0.15) is 12.0 Å². The van der Waals surface area contributed by atoms with Crippen molar-refractivity contribution in [3.8, 4) is 11.3 Å². The number of nitrogens with zero attached hydrogens (tertiary/aromatic N) is 3. The average Bonchev–Trinajstić information content (AvgIpc) is 2.83. The predicted octanol–water partition coefficient (Wildman–Crippen LogP) is 4.54. The maximum absolute atomic E-state index is 12.4. The van der Waals surface area contributed by atoms with Crippen LogP contribution in [0.2, 0.25) is 10.0 Å². The third-order valence-corrected chi connectivity index (χ3v) is 5.92. The van der Waals surface area contributed by atoms with Gasteiger partial charge in [-0.3, -0.25) is 15.0 Å². The normalized spacial score (nSPS) is 14.0. The molecular weight excluding hydrogens is 491 g/mol. The second-order valence-electron chi connectivity index (χ2n) is 8.14. The number of anilines is 1. The van der Waals surface area contributed by atoms with Gasteiger partial charge in [-0.05, 0) is 48.4 Å². The largest absolute Gasteiger partial charge is 0.449 e. The molecule has 0 aliphatic carbocycles. The van der Waals surface area contributed by atoms with Crippen LogP contribution in [0.15, 0.2) is 59.4 Å². The molecule has 1 saturated heterocycles. The van der Waals surface area contributed by atoms with Crippen LogP contribution in [0.5, 0.6) is 0 Å². The number of amides is 1. The number of halogens is 2. The summed E-state index contributed by atoms with van der Waals surface area (Å²) >= 11 is 12.2. The Labute approximate surface area is 213 Å². The van der Waals surface area contributed by atoms with Crippen LogP contribution in [0, 0.1) is 0 Å². The summed E-state index contributed by atoms with van der Waals surface area (Å²) in [6.45, 7) is 4.75. The zero-order valence-corrected chi connectivity index (χ0v) is 20.6. The molecule has 10 heteroatoms. The van der Waals surface area contributed by atoms with E-state index in [-0.39, 0.29) is 12.1 Å². The van der Waals surface area contributed by atoms with Crippen LogP contribution in [0.4, 0.5) is 10.5 Å². The topological polar surface area (TPSA) is 85.7 Å². The highest BCUT2D eigenvalue weighted by Gasteiger charge is 2.11. The first-order chi connectivity index (χ1) is 17.0. The van der Waals surface area contributed by atoms with Crippen LogP contribution >= 0.6 is 23.2 Å². The van der Waals surface area contributed by atoms with Gasteiger partial charge >= 0.3 is 6.09 Å². The summed E-state index contributed by atoms with van der Waals surface area (Å²) in [6.07, 6.45) is 0.246. The molecule has 1 N–H and O–H groups in total. The van der Waals surface area contributed by atoms with Crippen LogP contribution in [-0.4, -0.2) is 60.2 Å². The number of rotatable bonds is 8. The molecule has 1 amide bonds. The summed E-state index contributed by atoms with van der Waals surface area (Å²) in [7, 11) is 0. The molecule has 184 valence electrons. The third kappa shape index (κ3) is 7.53. The number of nitrogens with one attached hydrogen (secondary N) is 1. The SMILES string of the molecule is O=C(Nc1cccc(Cn2nc(-c3cc(Cl)cc(Cl)c3)ccc2=O)c1)OCCCN1CCOCC1. The fraction of sp³-hybridized carbons (Fsp3) is 0.320. The summed E-state index contributed by atoms with van der Waals surface area (Å²) in [5.41, 5.74) is 2.41. The van der Waals surface area contributed by atoms with Crippen LogP contribution in [0.3, 0.4) is 0 Å². The molecular formula is C25H26Cl2N4O4. The summed E-state index contributed by atoms with van der Waals surface area (Å²) in [5, 5.41) is 8.17. The van der Waals surface area contributed by atoms with Crippen molar-refractivity contribution in [2.24, 2.45) is 0 Å². The third-order valence-electron chi connectivity index (χ3n) is 5.49. The molecule has 3 aromatic rings. The molecule has 0 bridgehead atoms. The minimum Gasteiger partial charge on any atom is -0.449 e. The van der Waals surface area contributed by atoms with Crippen molar-refractivity contribution in [3.63, 3.8) is 0 Å². The smallest absolute Gasteiger partial charge is 0.411 e. The van der Waals surface area contributed by atoms with Gasteiger partial charge in [0.25, 0.3) is 5.56 Å². The van der Waals surface area contributed by atoms with E-state index in [1.807, 2.05) is 6.07 Å². The number of morpholine rings is 1. The maximum Gasteiger partial charge on any atom is 0.411 e. The number of hydrogen-bond acceptors (Lipinski definition) is 6. The number of carbonyl (C=O) groups is 1. The number of benzene rings is 2. The molecule has 0 radical (unpaired) electrons. The number of aromatic nitrogens is 2. The Bertz CT molecular complexity index is 1210. The summed E-state index contributed by atoms with van der Waals surface area (Å²) in [6, 6.07) is 15.4. The highest BCUT2D eigenvalue weighted by Crippen LogP contribution is 2.25. The quantitative estimate of drug-likeness (QED) is 0.442. The van der Waals surface area contributed by atoms with Crippen LogP contribution in [-0.2, 0) is 16.0 Å². The first-order valence-corrected chi connectivity index (χ1v) is 12.1. The van der Waals surface area contributed by atoms with Gasteiger partial charge in [0, 0.05) is 47.0 Å². The van der Waals surface area contributed by atoms with E-state index >= 15 is 0 Å². The van der Waals surface area contributed by atoms with Gasteiger partial charge in [0.15, 0.2) is 0 Å². The van der Waals surface area contributed by atoms with Crippen molar-refractivity contribution in [2.75, 3.05) is 44.8 Å². The lowest BCUT2D eigenvalue weighted by Crippen LogP contribution is -2.37. The Morgan fingerprint density at radius 3 is 2.60 bits per heavy atom. The predicted molar refractivity (Wildman–Crippen MR) is 136 cm³/mol. The highest BCUT2D eigenvalue weighted by molar-refractivity contribution is 6.35. The van der Waals surface area contributed by atoms with E-state index in [4.69, 9.17) is 32.7 Å². The molecule has 2 heterocycles. The molecule has 0 saturated carbocycles. The zero-order chi connectivity index (χ0) is 24.6. The van der Waals surface area contributed by atoms with Gasteiger partial charge in [-0.2, -0.15) is 5.10 Å². The van der Waals surface area contributed by atoms with E-state index < -0.39 is 6.09 Å². The number of hydrogen-bond donors (Lipinski definition) is 1. The lowest BCUT2D eigenvalue weighted by Gasteiger charge is -2.26. The number of carbonyl (C=O) groups excluding carboxylic acids is 1. The first kappa shape index (κ1) is 25.2. The van der Waals surface area contributed by atoms with Gasteiger partial charge in [-0.1, -0.05) is 35.3 Å². The monoisotopic (exact) mass is 516 g/mol.